The maximum Gasteiger partial charge on any atom is 0.358 e. The molecule has 8 heteroatoms. The lowest BCUT2D eigenvalue weighted by atomic mass is 10.2. The molecule has 0 aliphatic carbocycles. The summed E-state index contributed by atoms with van der Waals surface area (Å²) in [5.41, 5.74) is 6.41. The van der Waals surface area contributed by atoms with Gasteiger partial charge >= 0.3 is 7.60 Å². The van der Waals surface area contributed by atoms with Gasteiger partial charge in [0.25, 0.3) is 0 Å². The minimum absolute atomic E-state index is 0.102. The van der Waals surface area contributed by atoms with Crippen molar-refractivity contribution in [3.05, 3.63) is 23.8 Å². The van der Waals surface area contributed by atoms with Crippen LogP contribution in [0.2, 0.25) is 0 Å². The van der Waals surface area contributed by atoms with E-state index >= 15 is 0 Å². The van der Waals surface area contributed by atoms with Gasteiger partial charge in [-0.3, -0.25) is 4.57 Å². The molecule has 0 saturated carbocycles. The van der Waals surface area contributed by atoms with E-state index in [4.69, 9.17) is 25.0 Å². The molecule has 0 atom stereocenters. The first kappa shape index (κ1) is 17.1. The van der Waals surface area contributed by atoms with E-state index in [1.165, 1.54) is 12.1 Å². The summed E-state index contributed by atoms with van der Waals surface area (Å²) in [7, 11) is -2.72. The predicted octanol–water partition coefficient (Wildman–Crippen LogP) is -0.176. The molecule has 0 amide bonds. The van der Waals surface area contributed by atoms with E-state index in [2.05, 4.69) is 5.32 Å². The fraction of sp³-hybridized carbons (Fsp3) is 0.500. The number of ether oxygens (including phenoxy) is 2. The first-order valence-corrected chi connectivity index (χ1v) is 7.78. The van der Waals surface area contributed by atoms with Crippen LogP contribution in [0.25, 0.3) is 0 Å². The molecule has 0 spiro atoms. The first-order chi connectivity index (χ1) is 9.45. The van der Waals surface area contributed by atoms with Gasteiger partial charge in [-0.15, -0.1) is 0 Å². The summed E-state index contributed by atoms with van der Waals surface area (Å²) in [4.78, 5) is 18.3. The third-order valence-corrected chi connectivity index (χ3v) is 3.61. The second-order valence-corrected chi connectivity index (χ2v) is 5.79. The highest BCUT2D eigenvalue weighted by molar-refractivity contribution is 7.60. The van der Waals surface area contributed by atoms with Gasteiger partial charge in [0.15, 0.2) is 0 Å². The van der Waals surface area contributed by atoms with E-state index in [1.54, 1.807) is 13.2 Å². The van der Waals surface area contributed by atoms with Crippen molar-refractivity contribution >= 4 is 18.6 Å². The summed E-state index contributed by atoms with van der Waals surface area (Å²) in [5.74, 6) is 0. The van der Waals surface area contributed by atoms with Crippen LogP contribution in [0.5, 0.6) is 0 Å². The lowest BCUT2D eigenvalue weighted by molar-refractivity contribution is 0.0719. The molecular weight excluding hydrogens is 283 g/mol. The average Bonchev–Trinajstić information content (AvgIpc) is 2.38. The molecule has 0 radical (unpaired) electrons. The van der Waals surface area contributed by atoms with Crippen LogP contribution >= 0.6 is 7.60 Å². The lowest BCUT2D eigenvalue weighted by Crippen LogP contribution is -2.21. The second kappa shape index (κ2) is 8.36. The van der Waals surface area contributed by atoms with Gasteiger partial charge in [0.05, 0.1) is 25.1 Å². The summed E-state index contributed by atoms with van der Waals surface area (Å²) in [6.45, 7) is 2.77. The van der Waals surface area contributed by atoms with Crippen LogP contribution in [0.15, 0.2) is 18.2 Å². The van der Waals surface area contributed by atoms with E-state index in [1.807, 2.05) is 0 Å². The minimum atomic E-state index is -4.33. The Morgan fingerprint density at radius 2 is 2.05 bits per heavy atom. The van der Waals surface area contributed by atoms with Gasteiger partial charge in [-0.25, -0.2) is 0 Å². The number of hydrogen-bond acceptors (Lipinski definition) is 5. The third kappa shape index (κ3) is 6.00. The second-order valence-electron chi connectivity index (χ2n) is 4.22. The molecule has 1 aromatic carbocycles. The fourth-order valence-electron chi connectivity index (χ4n) is 1.57. The highest BCUT2D eigenvalue weighted by Gasteiger charge is 2.20. The summed E-state index contributed by atoms with van der Waals surface area (Å²) in [6, 6.07) is 4.66. The number of methoxy groups -OCH3 is 1. The zero-order valence-corrected chi connectivity index (χ0v) is 12.3. The van der Waals surface area contributed by atoms with Crippen LogP contribution in [-0.4, -0.2) is 43.3 Å². The molecule has 0 heterocycles. The Labute approximate surface area is 118 Å². The molecule has 1 aromatic rings. The number of anilines is 1. The zero-order valence-electron chi connectivity index (χ0n) is 11.4. The predicted molar refractivity (Wildman–Crippen MR) is 76.9 cm³/mol. The molecule has 0 unspecified atom stereocenters. The largest absolute Gasteiger partial charge is 0.398 e. The molecule has 0 fully saturated rings. The molecule has 114 valence electrons. The van der Waals surface area contributed by atoms with Gasteiger partial charge in [-0.1, -0.05) is 6.07 Å². The van der Waals surface area contributed by atoms with Crippen LogP contribution in [0.4, 0.5) is 5.69 Å². The summed E-state index contributed by atoms with van der Waals surface area (Å²) in [6.07, 6.45) is 0. The number of benzene rings is 1. The zero-order chi connectivity index (χ0) is 15.0. The Morgan fingerprint density at radius 3 is 2.70 bits per heavy atom. The molecule has 1 rings (SSSR count). The number of nitrogen functional groups attached to an aromatic ring is 1. The standard InChI is InChI=1S/C12H21N2O5P/c1-18-6-7-19-5-4-14-9-10-2-3-11(13)12(8-10)20(15,16)17/h2-3,8,14H,4-7,9,13H2,1H3,(H2,15,16,17). The number of nitrogens with two attached hydrogens (primary N) is 1. The van der Waals surface area contributed by atoms with Gasteiger partial charge in [-0.2, -0.15) is 0 Å². The summed E-state index contributed by atoms with van der Waals surface area (Å²) < 4.78 is 21.4. The van der Waals surface area contributed by atoms with Crippen molar-refractivity contribution in [2.24, 2.45) is 0 Å². The van der Waals surface area contributed by atoms with Gasteiger partial charge in [-0.05, 0) is 17.7 Å². The van der Waals surface area contributed by atoms with Crippen LogP contribution in [0, 0.1) is 0 Å². The summed E-state index contributed by atoms with van der Waals surface area (Å²) in [5, 5.41) is 2.99. The Kier molecular flexibility index (Phi) is 7.15. The topological polar surface area (TPSA) is 114 Å². The Balaban J connectivity index is 2.40. The Bertz CT molecular complexity index is 463. The molecule has 7 nitrogen and oxygen atoms in total. The number of nitrogens with one attached hydrogen (secondary N) is 1. The lowest BCUT2D eigenvalue weighted by Gasteiger charge is -2.11. The van der Waals surface area contributed by atoms with Crippen molar-refractivity contribution < 1.29 is 23.8 Å². The van der Waals surface area contributed by atoms with Crippen molar-refractivity contribution in [1.82, 2.24) is 5.32 Å². The fourth-order valence-corrected chi connectivity index (χ4v) is 2.32. The summed E-state index contributed by atoms with van der Waals surface area (Å²) >= 11 is 0. The van der Waals surface area contributed by atoms with Crippen molar-refractivity contribution in [3.8, 4) is 0 Å². The highest BCUT2D eigenvalue weighted by Crippen LogP contribution is 2.35. The molecule has 5 N–H and O–H groups in total. The third-order valence-electron chi connectivity index (χ3n) is 2.59. The minimum Gasteiger partial charge on any atom is -0.398 e. The average molecular weight is 304 g/mol. The molecule has 20 heavy (non-hydrogen) atoms. The quantitative estimate of drug-likeness (QED) is 0.284. The van der Waals surface area contributed by atoms with Crippen molar-refractivity contribution in [2.45, 2.75) is 6.54 Å². The molecular formula is C12H21N2O5P. The van der Waals surface area contributed by atoms with Crippen LogP contribution < -0.4 is 16.4 Å². The van der Waals surface area contributed by atoms with Gasteiger partial charge in [0.2, 0.25) is 0 Å². The number of rotatable bonds is 9. The van der Waals surface area contributed by atoms with E-state index in [9.17, 15) is 4.57 Å². The Morgan fingerprint density at radius 1 is 1.30 bits per heavy atom. The number of hydrogen-bond donors (Lipinski definition) is 4. The van der Waals surface area contributed by atoms with Gasteiger partial charge < -0.3 is 30.3 Å². The van der Waals surface area contributed by atoms with Crippen molar-refractivity contribution in [1.29, 1.82) is 0 Å². The SMILES string of the molecule is COCCOCCNCc1ccc(N)c(P(=O)(O)O)c1. The Hall–Kier alpha value is -0.950. The van der Waals surface area contributed by atoms with E-state index in [0.29, 0.717) is 32.9 Å². The van der Waals surface area contributed by atoms with Crippen LogP contribution in [0.3, 0.4) is 0 Å². The molecule has 0 aliphatic heterocycles. The van der Waals surface area contributed by atoms with Gasteiger partial charge in [0, 0.05) is 25.9 Å². The van der Waals surface area contributed by atoms with Crippen LogP contribution in [0.1, 0.15) is 5.56 Å². The van der Waals surface area contributed by atoms with E-state index in [-0.39, 0.29) is 11.0 Å². The normalized spacial score (nSPS) is 11.8. The monoisotopic (exact) mass is 304 g/mol. The van der Waals surface area contributed by atoms with Crippen molar-refractivity contribution in [2.75, 3.05) is 39.2 Å². The first-order valence-electron chi connectivity index (χ1n) is 6.17. The molecule has 0 saturated heterocycles. The molecule has 0 aliphatic rings. The van der Waals surface area contributed by atoms with Crippen LogP contribution in [-0.2, 0) is 20.6 Å². The highest BCUT2D eigenvalue weighted by atomic mass is 31.2. The maximum atomic E-state index is 11.2. The van der Waals surface area contributed by atoms with Gasteiger partial charge in [0.1, 0.15) is 0 Å². The van der Waals surface area contributed by atoms with Crippen molar-refractivity contribution in [3.63, 3.8) is 0 Å². The molecule has 0 bridgehead atoms. The van der Waals surface area contributed by atoms with E-state index < -0.39 is 7.60 Å². The smallest absolute Gasteiger partial charge is 0.358 e. The van der Waals surface area contributed by atoms with E-state index in [0.717, 1.165) is 5.56 Å². The maximum absolute atomic E-state index is 11.2. The molecule has 0 aromatic heterocycles.